The number of aryl methyl sites for hydroxylation is 2. The van der Waals surface area contributed by atoms with E-state index in [1.54, 1.807) is 22.9 Å². The third kappa shape index (κ3) is 3.21. The van der Waals surface area contributed by atoms with Crippen LogP contribution < -0.4 is 4.80 Å². The molecule has 0 spiro atoms. The largest absolute Gasteiger partial charge is 0.312 e. The Kier molecular flexibility index (Phi) is 4.81. The molecule has 3 rings (SSSR count). The van der Waals surface area contributed by atoms with Crippen molar-refractivity contribution in [3.8, 4) is 0 Å². The lowest BCUT2D eigenvalue weighted by molar-refractivity contribution is -0.384. The van der Waals surface area contributed by atoms with Gasteiger partial charge in [0, 0.05) is 25.2 Å². The van der Waals surface area contributed by atoms with E-state index in [4.69, 9.17) is 0 Å². The maximum atomic E-state index is 12.6. The average molecular weight is 371 g/mol. The fourth-order valence-corrected chi connectivity index (χ4v) is 3.74. The summed E-state index contributed by atoms with van der Waals surface area (Å²) in [5, 5.41) is 15.3. The molecule has 0 saturated carbocycles. The van der Waals surface area contributed by atoms with Gasteiger partial charge in [-0.05, 0) is 26.0 Å². The Morgan fingerprint density at radius 3 is 2.88 bits per heavy atom. The topological polar surface area (TPSA) is 95.3 Å². The van der Waals surface area contributed by atoms with Gasteiger partial charge < -0.3 is 4.57 Å². The third-order valence-corrected chi connectivity index (χ3v) is 4.85. The Balaban J connectivity index is 2.17. The van der Waals surface area contributed by atoms with E-state index in [2.05, 4.69) is 16.7 Å². The fourth-order valence-electron chi connectivity index (χ4n) is 2.67. The number of carbonyl (C=O) groups excluding carboxylic acids is 1. The zero-order valence-electron chi connectivity index (χ0n) is 14.4. The monoisotopic (exact) mass is 371 g/mol. The fraction of sp³-hybridized carbons (Fsp3) is 0.235. The Morgan fingerprint density at radius 1 is 1.46 bits per heavy atom. The van der Waals surface area contributed by atoms with E-state index < -0.39 is 10.8 Å². The van der Waals surface area contributed by atoms with Crippen LogP contribution >= 0.6 is 11.3 Å². The minimum absolute atomic E-state index is 0.00191. The van der Waals surface area contributed by atoms with Gasteiger partial charge >= 0.3 is 0 Å². The molecule has 0 aliphatic rings. The van der Waals surface area contributed by atoms with Crippen molar-refractivity contribution in [2.24, 2.45) is 4.99 Å². The number of hydrogen-bond donors (Lipinski definition) is 0. The van der Waals surface area contributed by atoms with Crippen LogP contribution in [0.4, 0.5) is 5.69 Å². The molecular formula is C17H17N5O3S. The lowest BCUT2D eigenvalue weighted by atomic mass is 10.3. The van der Waals surface area contributed by atoms with Gasteiger partial charge in [-0.1, -0.05) is 17.4 Å². The molecule has 0 unspecified atom stereocenters. The number of benzene rings is 1. The number of nitro groups is 1. The van der Waals surface area contributed by atoms with Crippen molar-refractivity contribution in [1.82, 2.24) is 14.3 Å². The number of thiazole rings is 1. The summed E-state index contributed by atoms with van der Waals surface area (Å²) in [4.78, 5) is 27.9. The van der Waals surface area contributed by atoms with E-state index in [0.717, 1.165) is 11.2 Å². The molecule has 2 aromatic heterocycles. The van der Waals surface area contributed by atoms with Crippen molar-refractivity contribution in [3.05, 3.63) is 63.2 Å². The van der Waals surface area contributed by atoms with Gasteiger partial charge in [0.15, 0.2) is 4.80 Å². The van der Waals surface area contributed by atoms with E-state index >= 15 is 0 Å². The molecule has 26 heavy (non-hydrogen) atoms. The molecule has 134 valence electrons. The van der Waals surface area contributed by atoms with E-state index in [1.807, 2.05) is 18.4 Å². The van der Waals surface area contributed by atoms with Crippen LogP contribution in [-0.4, -0.2) is 25.2 Å². The van der Waals surface area contributed by atoms with Gasteiger partial charge in [0.1, 0.15) is 5.69 Å². The molecular weight excluding hydrogens is 354 g/mol. The Bertz CT molecular complexity index is 1090. The van der Waals surface area contributed by atoms with Crippen LogP contribution in [0, 0.1) is 17.0 Å². The standard InChI is InChI=1S/C17H17N5O3S/c1-4-8-20-13-7-6-12(22(24)25)10-15(13)26-17(20)18-16(23)14-9-11(3)19-21(14)5-2/h4,6-7,9-10H,1,5,8H2,2-3H3. The third-order valence-electron chi connectivity index (χ3n) is 3.81. The van der Waals surface area contributed by atoms with Crippen LogP contribution in [-0.2, 0) is 13.1 Å². The van der Waals surface area contributed by atoms with Crippen molar-refractivity contribution >= 4 is 33.1 Å². The highest BCUT2D eigenvalue weighted by atomic mass is 32.1. The number of carbonyl (C=O) groups is 1. The van der Waals surface area contributed by atoms with Crippen LogP contribution in [0.3, 0.4) is 0 Å². The van der Waals surface area contributed by atoms with Gasteiger partial charge in [-0.3, -0.25) is 19.6 Å². The molecule has 0 aliphatic carbocycles. The summed E-state index contributed by atoms with van der Waals surface area (Å²) in [5.41, 5.74) is 1.93. The Morgan fingerprint density at radius 2 is 2.23 bits per heavy atom. The first-order chi connectivity index (χ1) is 12.4. The van der Waals surface area contributed by atoms with Gasteiger partial charge in [0.25, 0.3) is 11.6 Å². The molecule has 1 amide bonds. The van der Waals surface area contributed by atoms with E-state index in [-0.39, 0.29) is 5.69 Å². The van der Waals surface area contributed by atoms with Gasteiger partial charge in [-0.2, -0.15) is 10.1 Å². The second kappa shape index (κ2) is 7.04. The molecule has 9 heteroatoms. The first-order valence-electron chi connectivity index (χ1n) is 7.96. The lowest BCUT2D eigenvalue weighted by Gasteiger charge is -2.01. The summed E-state index contributed by atoms with van der Waals surface area (Å²) in [7, 11) is 0. The van der Waals surface area contributed by atoms with Crippen LogP contribution in [0.2, 0.25) is 0 Å². The first kappa shape index (κ1) is 17.7. The second-order valence-electron chi connectivity index (χ2n) is 5.60. The van der Waals surface area contributed by atoms with Crippen molar-refractivity contribution in [2.45, 2.75) is 26.9 Å². The number of nitro benzene ring substituents is 1. The molecule has 1 aromatic carbocycles. The zero-order chi connectivity index (χ0) is 18.8. The van der Waals surface area contributed by atoms with Crippen molar-refractivity contribution in [2.75, 3.05) is 0 Å². The number of rotatable bonds is 5. The SMILES string of the molecule is C=CCn1c(=NC(=O)c2cc(C)nn2CC)sc2cc([N+](=O)[O-])ccc21. The van der Waals surface area contributed by atoms with Gasteiger partial charge in [0.2, 0.25) is 0 Å². The Hall–Kier alpha value is -3.07. The minimum atomic E-state index is -0.443. The quantitative estimate of drug-likeness (QED) is 0.391. The van der Waals surface area contributed by atoms with Gasteiger partial charge in [0.05, 0.1) is 20.8 Å². The van der Waals surface area contributed by atoms with Crippen molar-refractivity contribution in [3.63, 3.8) is 0 Å². The molecule has 8 nitrogen and oxygen atoms in total. The summed E-state index contributed by atoms with van der Waals surface area (Å²) in [6, 6.07) is 6.29. The summed E-state index contributed by atoms with van der Waals surface area (Å²) in [6.07, 6.45) is 1.69. The highest BCUT2D eigenvalue weighted by Crippen LogP contribution is 2.23. The maximum absolute atomic E-state index is 12.6. The summed E-state index contributed by atoms with van der Waals surface area (Å²) >= 11 is 1.23. The predicted molar refractivity (Wildman–Crippen MR) is 99.2 cm³/mol. The molecule has 0 atom stereocenters. The highest BCUT2D eigenvalue weighted by Gasteiger charge is 2.15. The number of non-ortho nitro benzene ring substituents is 1. The van der Waals surface area contributed by atoms with E-state index in [0.29, 0.717) is 28.3 Å². The van der Waals surface area contributed by atoms with Crippen molar-refractivity contribution < 1.29 is 9.72 Å². The molecule has 0 saturated heterocycles. The smallest absolute Gasteiger partial charge is 0.297 e. The van der Waals surface area contributed by atoms with Crippen LogP contribution in [0.25, 0.3) is 10.2 Å². The number of nitrogens with zero attached hydrogens (tertiary/aromatic N) is 5. The van der Waals surface area contributed by atoms with E-state index in [9.17, 15) is 14.9 Å². The van der Waals surface area contributed by atoms with Gasteiger partial charge in [-0.15, -0.1) is 6.58 Å². The normalized spacial score (nSPS) is 11.8. The van der Waals surface area contributed by atoms with Gasteiger partial charge in [-0.25, -0.2) is 0 Å². The van der Waals surface area contributed by atoms with Crippen LogP contribution in [0.1, 0.15) is 23.1 Å². The molecule has 0 radical (unpaired) electrons. The lowest BCUT2D eigenvalue weighted by Crippen LogP contribution is -2.17. The minimum Gasteiger partial charge on any atom is -0.312 e. The maximum Gasteiger partial charge on any atom is 0.297 e. The number of fused-ring (bicyclic) bond motifs is 1. The van der Waals surface area contributed by atoms with Crippen LogP contribution in [0.15, 0.2) is 41.9 Å². The number of hydrogen-bond acceptors (Lipinski definition) is 5. The van der Waals surface area contributed by atoms with Crippen molar-refractivity contribution in [1.29, 1.82) is 0 Å². The van der Waals surface area contributed by atoms with Crippen LogP contribution in [0.5, 0.6) is 0 Å². The summed E-state index contributed by atoms with van der Waals surface area (Å²) < 4.78 is 4.11. The summed E-state index contributed by atoms with van der Waals surface area (Å²) in [5.74, 6) is -0.397. The number of aromatic nitrogens is 3. The first-order valence-corrected chi connectivity index (χ1v) is 8.78. The highest BCUT2D eigenvalue weighted by molar-refractivity contribution is 7.16. The molecule has 2 heterocycles. The number of allylic oxidation sites excluding steroid dienone is 1. The summed E-state index contributed by atoms with van der Waals surface area (Å²) in [6.45, 7) is 8.46. The number of amides is 1. The predicted octanol–water partition coefficient (Wildman–Crippen LogP) is 3.06. The van der Waals surface area contributed by atoms with E-state index in [1.165, 1.54) is 23.5 Å². The molecule has 0 bridgehead atoms. The Labute approximate surface area is 152 Å². The second-order valence-corrected chi connectivity index (χ2v) is 6.61. The molecule has 0 fully saturated rings. The molecule has 0 aliphatic heterocycles. The molecule has 3 aromatic rings. The zero-order valence-corrected chi connectivity index (χ0v) is 15.2. The average Bonchev–Trinajstić information content (AvgIpc) is 3.15. The molecule has 0 N–H and O–H groups in total.